The summed E-state index contributed by atoms with van der Waals surface area (Å²) >= 11 is 1.12. The van der Waals surface area contributed by atoms with Gasteiger partial charge in [0.2, 0.25) is 0 Å². The van der Waals surface area contributed by atoms with E-state index in [1.807, 2.05) is 0 Å². The molecule has 11 nitrogen and oxygen atoms in total. The molecule has 0 spiro atoms. The van der Waals surface area contributed by atoms with Gasteiger partial charge in [-0.2, -0.15) is 0 Å². The molecule has 124 valence electrons. The summed E-state index contributed by atoms with van der Waals surface area (Å²) in [7, 11) is 1.26. The SMILES string of the molecule is CON=C(C(=O)NC1CN(OCC(=O)[O-])C1=O)c1csc(N)n1.[K+]. The number of β-lactam (4-membered cyclic amide) rings is 1. The fraction of sp³-hybridized carbons (Fsp3) is 0.364. The van der Waals surface area contributed by atoms with Gasteiger partial charge in [0, 0.05) is 5.38 Å². The van der Waals surface area contributed by atoms with Crippen molar-refractivity contribution < 1.29 is 80.5 Å². The summed E-state index contributed by atoms with van der Waals surface area (Å²) < 4.78 is 0. The number of nitrogens with two attached hydrogens (primary N) is 1. The van der Waals surface area contributed by atoms with Gasteiger partial charge in [-0.1, -0.05) is 5.16 Å². The summed E-state index contributed by atoms with van der Waals surface area (Å²) in [5.74, 6) is -2.73. The molecule has 2 amide bonds. The van der Waals surface area contributed by atoms with Crippen LogP contribution in [0, 0.1) is 0 Å². The number of nitrogens with one attached hydrogen (secondary N) is 1. The second-order valence-corrected chi connectivity index (χ2v) is 5.15. The van der Waals surface area contributed by atoms with Crippen LogP contribution in [-0.2, 0) is 24.1 Å². The largest absolute Gasteiger partial charge is 1.00 e. The number of rotatable bonds is 7. The van der Waals surface area contributed by atoms with Crippen molar-refractivity contribution in [3.8, 4) is 0 Å². The Morgan fingerprint density at radius 1 is 1.62 bits per heavy atom. The number of oxime groups is 1. The van der Waals surface area contributed by atoms with E-state index in [1.54, 1.807) is 0 Å². The first-order valence-electron chi connectivity index (χ1n) is 6.20. The molecule has 0 aromatic carbocycles. The van der Waals surface area contributed by atoms with Crippen molar-refractivity contribution in [2.75, 3.05) is 26.0 Å². The van der Waals surface area contributed by atoms with Crippen molar-refractivity contribution in [2.24, 2.45) is 5.16 Å². The molecule has 0 saturated carbocycles. The van der Waals surface area contributed by atoms with E-state index in [2.05, 4.69) is 25.1 Å². The number of thiazole rings is 1. The molecule has 13 heteroatoms. The molecule has 0 radical (unpaired) electrons. The number of carboxylic acids is 1. The van der Waals surface area contributed by atoms with E-state index in [1.165, 1.54) is 12.5 Å². The molecule has 1 aliphatic rings. The molecule has 1 fully saturated rings. The van der Waals surface area contributed by atoms with Crippen LogP contribution >= 0.6 is 11.3 Å². The molecular formula is C11H12KN5O6S. The maximum absolute atomic E-state index is 12.2. The van der Waals surface area contributed by atoms with Gasteiger partial charge in [0.25, 0.3) is 11.8 Å². The van der Waals surface area contributed by atoms with E-state index in [-0.39, 0.29) is 74.5 Å². The van der Waals surface area contributed by atoms with Crippen LogP contribution in [0.15, 0.2) is 10.5 Å². The van der Waals surface area contributed by atoms with Gasteiger partial charge < -0.3 is 25.8 Å². The summed E-state index contributed by atoms with van der Waals surface area (Å²) in [6, 6.07) is -0.859. The fourth-order valence-corrected chi connectivity index (χ4v) is 2.22. The van der Waals surface area contributed by atoms with E-state index >= 15 is 0 Å². The molecule has 1 unspecified atom stereocenters. The topological polar surface area (TPSA) is 159 Å². The zero-order valence-corrected chi connectivity index (χ0v) is 16.8. The van der Waals surface area contributed by atoms with Gasteiger partial charge >= 0.3 is 51.4 Å². The van der Waals surface area contributed by atoms with Gasteiger partial charge in [-0.3, -0.25) is 14.4 Å². The number of carboxylic acid groups (broad SMARTS) is 1. The molecule has 0 aliphatic carbocycles. The molecule has 1 aromatic heterocycles. The number of aliphatic carboxylic acids is 1. The number of carbonyl (C=O) groups excluding carboxylic acids is 3. The molecule has 24 heavy (non-hydrogen) atoms. The Morgan fingerprint density at radius 3 is 2.83 bits per heavy atom. The maximum Gasteiger partial charge on any atom is 1.00 e. The van der Waals surface area contributed by atoms with Gasteiger partial charge in [0.1, 0.15) is 25.5 Å². The first-order chi connectivity index (χ1) is 10.9. The number of nitrogen functional groups attached to an aromatic ring is 1. The smallest absolute Gasteiger partial charge is 0.548 e. The molecule has 3 N–H and O–H groups in total. The average molecular weight is 381 g/mol. The number of amides is 2. The monoisotopic (exact) mass is 381 g/mol. The molecule has 1 atom stereocenters. The number of anilines is 1. The van der Waals surface area contributed by atoms with E-state index in [0.29, 0.717) is 0 Å². The van der Waals surface area contributed by atoms with Crippen LogP contribution in [0.1, 0.15) is 5.69 Å². The Hall–Kier alpha value is -1.09. The molecular weight excluding hydrogens is 369 g/mol. The van der Waals surface area contributed by atoms with Crippen molar-refractivity contribution >= 4 is 40.0 Å². The van der Waals surface area contributed by atoms with Crippen molar-refractivity contribution in [1.29, 1.82) is 0 Å². The minimum Gasteiger partial charge on any atom is -0.548 e. The van der Waals surface area contributed by atoms with Crippen molar-refractivity contribution in [1.82, 2.24) is 15.4 Å². The minimum atomic E-state index is -1.46. The number of hydrogen-bond acceptors (Lipinski definition) is 10. The van der Waals surface area contributed by atoms with E-state index in [0.717, 1.165) is 16.4 Å². The van der Waals surface area contributed by atoms with Crippen molar-refractivity contribution in [3.63, 3.8) is 0 Å². The zero-order chi connectivity index (χ0) is 17.0. The van der Waals surface area contributed by atoms with Crippen molar-refractivity contribution in [3.05, 3.63) is 11.1 Å². The van der Waals surface area contributed by atoms with Gasteiger partial charge in [-0.25, -0.2) is 10.0 Å². The third-order valence-corrected chi connectivity index (χ3v) is 3.37. The van der Waals surface area contributed by atoms with E-state index < -0.39 is 30.4 Å². The number of hydrogen-bond donors (Lipinski definition) is 2. The second-order valence-electron chi connectivity index (χ2n) is 4.26. The molecule has 2 heterocycles. The van der Waals surface area contributed by atoms with Gasteiger partial charge in [0.05, 0.1) is 12.5 Å². The standard InChI is InChI=1S/C11H13N5O6S.K/c1-21-15-8(6-4-23-11(12)14-6)9(19)13-5-2-16(10(5)20)22-3-7(17)18;/h4-5H,2-3H2,1H3,(H2,12,14)(H,13,19)(H,17,18);/q;+1/p-1. The number of nitrogens with zero attached hydrogens (tertiary/aromatic N) is 3. The predicted molar refractivity (Wildman–Crippen MR) is 74.7 cm³/mol. The van der Waals surface area contributed by atoms with E-state index in [4.69, 9.17) is 5.73 Å². The van der Waals surface area contributed by atoms with Crippen LogP contribution in [0.2, 0.25) is 0 Å². The average Bonchev–Trinajstić information content (AvgIpc) is 2.92. The molecule has 1 aromatic rings. The summed E-state index contributed by atoms with van der Waals surface area (Å²) in [6.07, 6.45) is 0. The summed E-state index contributed by atoms with van der Waals surface area (Å²) in [5, 5.41) is 18.8. The first-order valence-corrected chi connectivity index (χ1v) is 7.08. The van der Waals surface area contributed by atoms with Crippen molar-refractivity contribution in [2.45, 2.75) is 6.04 Å². The molecule has 1 aliphatic heterocycles. The Labute approximate surface area is 182 Å². The van der Waals surface area contributed by atoms with Crippen LogP contribution in [0.4, 0.5) is 5.13 Å². The van der Waals surface area contributed by atoms with Crippen LogP contribution < -0.4 is 67.5 Å². The minimum absolute atomic E-state index is 0. The Morgan fingerprint density at radius 2 is 2.33 bits per heavy atom. The Balaban J connectivity index is 0.00000288. The third kappa shape index (κ3) is 5.20. The van der Waals surface area contributed by atoms with Gasteiger partial charge in [-0.05, 0) is 0 Å². The maximum atomic E-state index is 12.2. The molecule has 0 bridgehead atoms. The molecule has 1 saturated heterocycles. The summed E-state index contributed by atoms with van der Waals surface area (Å²) in [5.41, 5.74) is 5.57. The summed E-state index contributed by atoms with van der Waals surface area (Å²) in [4.78, 5) is 47.2. The molecule has 2 rings (SSSR count). The van der Waals surface area contributed by atoms with Crippen LogP contribution in [0.3, 0.4) is 0 Å². The second kappa shape index (κ2) is 9.41. The van der Waals surface area contributed by atoms with Gasteiger partial charge in [-0.15, -0.1) is 11.3 Å². The third-order valence-electron chi connectivity index (χ3n) is 2.70. The zero-order valence-electron chi connectivity index (χ0n) is 12.8. The summed E-state index contributed by atoms with van der Waals surface area (Å²) in [6.45, 7) is -0.752. The number of aromatic nitrogens is 1. The Bertz CT molecular complexity index is 665. The fourth-order valence-electron chi connectivity index (χ4n) is 1.67. The van der Waals surface area contributed by atoms with Crippen LogP contribution in [0.5, 0.6) is 0 Å². The first kappa shape index (κ1) is 21.0. The Kier molecular flexibility index (Phi) is 8.21. The van der Waals surface area contributed by atoms with Crippen LogP contribution in [0.25, 0.3) is 0 Å². The normalized spacial score (nSPS) is 16.9. The number of hydroxylamine groups is 2. The number of carbonyl (C=O) groups is 3. The van der Waals surface area contributed by atoms with Gasteiger partial charge in [0.15, 0.2) is 10.8 Å². The van der Waals surface area contributed by atoms with E-state index in [9.17, 15) is 19.5 Å². The van der Waals surface area contributed by atoms with Crippen LogP contribution in [-0.4, -0.2) is 59.8 Å². The predicted octanol–water partition coefficient (Wildman–Crippen LogP) is -5.91. The quantitative estimate of drug-likeness (QED) is 0.204.